The van der Waals surface area contributed by atoms with E-state index >= 15 is 0 Å². The monoisotopic (exact) mass is 349 g/mol. The Morgan fingerprint density at radius 2 is 1.54 bits per heavy atom. The Balaban J connectivity index is 1.75. The van der Waals surface area contributed by atoms with Crippen LogP contribution in [0.4, 0.5) is 5.69 Å². The number of rotatable bonds is 5. The highest BCUT2D eigenvalue weighted by atomic mass is 16.5. The third-order valence-corrected chi connectivity index (χ3v) is 4.17. The van der Waals surface area contributed by atoms with E-state index in [1.165, 1.54) is 4.90 Å². The van der Waals surface area contributed by atoms with Gasteiger partial charge in [-0.25, -0.2) is 4.79 Å². The van der Waals surface area contributed by atoms with Gasteiger partial charge in [-0.3, -0.25) is 4.79 Å². The summed E-state index contributed by atoms with van der Waals surface area (Å²) in [6.07, 6.45) is 0. The van der Waals surface area contributed by atoms with Crippen molar-refractivity contribution >= 4 is 28.3 Å². The average Bonchev–Trinajstić information content (AvgIpc) is 2.71. The number of hydrogen-bond donors (Lipinski definition) is 0. The third-order valence-electron chi connectivity index (χ3n) is 4.17. The van der Waals surface area contributed by atoms with Crippen LogP contribution < -0.4 is 9.64 Å². The molecule has 132 valence electrons. The summed E-state index contributed by atoms with van der Waals surface area (Å²) in [6, 6.07) is 20.0. The molecule has 0 N–H and O–H groups in total. The van der Waals surface area contributed by atoms with Crippen LogP contribution in [0, 0.1) is 0 Å². The molecule has 26 heavy (non-hydrogen) atoms. The molecular formula is C21H19NO4. The maximum atomic E-state index is 12.5. The van der Waals surface area contributed by atoms with Gasteiger partial charge in [0.2, 0.25) is 0 Å². The summed E-state index contributed by atoms with van der Waals surface area (Å²) < 4.78 is 10.6. The Morgan fingerprint density at radius 3 is 2.23 bits per heavy atom. The van der Waals surface area contributed by atoms with Crippen molar-refractivity contribution < 1.29 is 19.1 Å². The molecule has 0 saturated heterocycles. The van der Waals surface area contributed by atoms with E-state index in [9.17, 15) is 9.59 Å². The zero-order chi connectivity index (χ0) is 18.5. The SMILES string of the molecule is COc1ccc(C(=O)OCC(=O)N(C)c2ccccc2)c2ccccc12. The van der Waals surface area contributed by atoms with Gasteiger partial charge in [0.15, 0.2) is 6.61 Å². The molecule has 3 aromatic carbocycles. The number of methoxy groups -OCH3 is 1. The third kappa shape index (κ3) is 3.52. The molecule has 5 heteroatoms. The highest BCUT2D eigenvalue weighted by Gasteiger charge is 2.17. The molecule has 0 aromatic heterocycles. The molecule has 5 nitrogen and oxygen atoms in total. The fraction of sp³-hybridized carbons (Fsp3) is 0.143. The van der Waals surface area contributed by atoms with Crippen molar-refractivity contribution in [3.63, 3.8) is 0 Å². The molecule has 0 atom stereocenters. The lowest BCUT2D eigenvalue weighted by molar-refractivity contribution is -0.121. The van der Waals surface area contributed by atoms with Crippen molar-refractivity contribution in [2.24, 2.45) is 0 Å². The maximum absolute atomic E-state index is 12.5. The Morgan fingerprint density at radius 1 is 0.885 bits per heavy atom. The van der Waals surface area contributed by atoms with Crippen LogP contribution in [-0.4, -0.2) is 32.6 Å². The number of carbonyl (C=O) groups is 2. The molecule has 0 aliphatic carbocycles. The van der Waals surface area contributed by atoms with Gasteiger partial charge in [0.1, 0.15) is 5.75 Å². The first-order valence-corrected chi connectivity index (χ1v) is 8.16. The molecule has 0 aliphatic rings. The molecule has 0 fully saturated rings. The number of hydrogen-bond acceptors (Lipinski definition) is 4. The number of ether oxygens (including phenoxy) is 2. The van der Waals surface area contributed by atoms with Gasteiger partial charge in [0.25, 0.3) is 5.91 Å². The first-order valence-electron chi connectivity index (χ1n) is 8.16. The van der Waals surface area contributed by atoms with Crippen molar-refractivity contribution in [1.82, 2.24) is 0 Å². The zero-order valence-electron chi connectivity index (χ0n) is 14.6. The summed E-state index contributed by atoms with van der Waals surface area (Å²) in [5.74, 6) is -0.168. The normalized spacial score (nSPS) is 10.4. The first kappa shape index (κ1) is 17.5. The van der Waals surface area contributed by atoms with Crippen LogP contribution in [0.15, 0.2) is 66.7 Å². The number of para-hydroxylation sites is 1. The average molecular weight is 349 g/mol. The van der Waals surface area contributed by atoms with E-state index in [4.69, 9.17) is 9.47 Å². The largest absolute Gasteiger partial charge is 0.496 e. The number of esters is 1. The van der Waals surface area contributed by atoms with E-state index in [0.29, 0.717) is 11.3 Å². The zero-order valence-corrected chi connectivity index (χ0v) is 14.6. The molecule has 3 rings (SSSR count). The van der Waals surface area contributed by atoms with Crippen molar-refractivity contribution in [2.45, 2.75) is 0 Å². The molecule has 0 unspecified atom stereocenters. The fourth-order valence-electron chi connectivity index (χ4n) is 2.72. The number of nitrogens with zero attached hydrogens (tertiary/aromatic N) is 1. The summed E-state index contributed by atoms with van der Waals surface area (Å²) in [5.41, 5.74) is 1.14. The molecule has 0 aliphatic heterocycles. The van der Waals surface area contributed by atoms with Crippen LogP contribution in [0.2, 0.25) is 0 Å². The summed E-state index contributed by atoms with van der Waals surface area (Å²) >= 11 is 0. The van der Waals surface area contributed by atoms with Crippen LogP contribution in [0.1, 0.15) is 10.4 Å². The first-order chi connectivity index (χ1) is 12.6. The Kier molecular flexibility index (Phi) is 5.17. The van der Waals surface area contributed by atoms with E-state index in [0.717, 1.165) is 16.5 Å². The fourth-order valence-corrected chi connectivity index (χ4v) is 2.72. The molecule has 0 saturated carbocycles. The lowest BCUT2D eigenvalue weighted by atomic mass is 10.0. The minimum Gasteiger partial charge on any atom is -0.496 e. The Labute approximate surface area is 151 Å². The van der Waals surface area contributed by atoms with Crippen molar-refractivity contribution in [3.8, 4) is 5.75 Å². The van der Waals surface area contributed by atoms with E-state index < -0.39 is 5.97 Å². The van der Waals surface area contributed by atoms with Crippen LogP contribution in [0.5, 0.6) is 5.75 Å². The lowest BCUT2D eigenvalue weighted by Gasteiger charge is -2.17. The van der Waals surface area contributed by atoms with Gasteiger partial charge < -0.3 is 14.4 Å². The molecule has 0 bridgehead atoms. The van der Waals surface area contributed by atoms with Gasteiger partial charge in [-0.15, -0.1) is 0 Å². The second kappa shape index (κ2) is 7.70. The minimum absolute atomic E-state index is 0.303. The highest BCUT2D eigenvalue weighted by molar-refractivity contribution is 6.07. The summed E-state index contributed by atoms with van der Waals surface area (Å²) in [6.45, 7) is -0.329. The Bertz CT molecular complexity index is 937. The highest BCUT2D eigenvalue weighted by Crippen LogP contribution is 2.28. The van der Waals surface area contributed by atoms with Gasteiger partial charge >= 0.3 is 5.97 Å². The van der Waals surface area contributed by atoms with Gasteiger partial charge in [-0.1, -0.05) is 42.5 Å². The number of anilines is 1. The van der Waals surface area contributed by atoms with Gasteiger partial charge in [-0.05, 0) is 29.7 Å². The van der Waals surface area contributed by atoms with Crippen LogP contribution in [0.25, 0.3) is 10.8 Å². The maximum Gasteiger partial charge on any atom is 0.339 e. The number of likely N-dealkylation sites (N-methyl/N-ethyl adjacent to an activating group) is 1. The summed E-state index contributed by atoms with van der Waals surface area (Å²) in [7, 11) is 3.23. The van der Waals surface area contributed by atoms with Crippen molar-refractivity contribution in [3.05, 3.63) is 72.3 Å². The predicted octanol–water partition coefficient (Wildman–Crippen LogP) is 3.67. The second-order valence-electron chi connectivity index (χ2n) is 5.73. The van der Waals surface area contributed by atoms with E-state index in [1.54, 1.807) is 26.3 Å². The second-order valence-corrected chi connectivity index (χ2v) is 5.73. The molecule has 0 heterocycles. The lowest BCUT2D eigenvalue weighted by Crippen LogP contribution is -2.31. The van der Waals surface area contributed by atoms with E-state index in [1.807, 2.05) is 54.6 Å². The Hall–Kier alpha value is -3.34. The van der Waals surface area contributed by atoms with Gasteiger partial charge in [0, 0.05) is 18.1 Å². The van der Waals surface area contributed by atoms with Crippen LogP contribution >= 0.6 is 0 Å². The van der Waals surface area contributed by atoms with Crippen molar-refractivity contribution in [1.29, 1.82) is 0 Å². The number of benzene rings is 3. The minimum atomic E-state index is -0.543. The van der Waals surface area contributed by atoms with E-state index in [-0.39, 0.29) is 12.5 Å². The number of carbonyl (C=O) groups excluding carboxylic acids is 2. The summed E-state index contributed by atoms with van der Waals surface area (Å²) in [4.78, 5) is 26.2. The molecule has 1 amide bonds. The quantitative estimate of drug-likeness (QED) is 0.660. The van der Waals surface area contributed by atoms with Crippen LogP contribution in [0.3, 0.4) is 0 Å². The molecular weight excluding hydrogens is 330 g/mol. The molecule has 0 spiro atoms. The summed E-state index contributed by atoms with van der Waals surface area (Å²) in [5, 5.41) is 1.54. The smallest absolute Gasteiger partial charge is 0.339 e. The topological polar surface area (TPSA) is 55.8 Å². The molecule has 3 aromatic rings. The predicted molar refractivity (Wildman–Crippen MR) is 101 cm³/mol. The van der Waals surface area contributed by atoms with Crippen LogP contribution in [-0.2, 0) is 9.53 Å². The number of fused-ring (bicyclic) bond motifs is 1. The van der Waals surface area contributed by atoms with Crippen molar-refractivity contribution in [2.75, 3.05) is 25.7 Å². The number of amides is 1. The standard InChI is InChI=1S/C21H19NO4/c1-22(15-8-4-3-5-9-15)20(23)14-26-21(24)18-12-13-19(25-2)17-11-7-6-10-16(17)18/h3-13H,14H2,1-2H3. The van der Waals surface area contributed by atoms with Gasteiger partial charge in [0.05, 0.1) is 12.7 Å². The van der Waals surface area contributed by atoms with Gasteiger partial charge in [-0.2, -0.15) is 0 Å². The van der Waals surface area contributed by atoms with E-state index in [2.05, 4.69) is 0 Å². The molecule has 0 radical (unpaired) electrons.